The van der Waals surface area contributed by atoms with Crippen LogP contribution in [0, 0.1) is 0 Å². The summed E-state index contributed by atoms with van der Waals surface area (Å²) in [6, 6.07) is 0. The summed E-state index contributed by atoms with van der Waals surface area (Å²) < 4.78 is 6.19. The molecule has 0 aliphatic heterocycles. The molecule has 0 aromatic carbocycles. The van der Waals surface area contributed by atoms with E-state index in [1.807, 2.05) is 13.8 Å². The summed E-state index contributed by atoms with van der Waals surface area (Å²) in [5, 5.41) is 3.15. The highest BCUT2D eigenvalue weighted by Gasteiger charge is 2.06. The smallest absolute Gasteiger partial charge is 0.239 e. The lowest BCUT2D eigenvalue weighted by molar-refractivity contribution is 0.0855. The summed E-state index contributed by atoms with van der Waals surface area (Å²) in [7, 11) is 0. The number of rotatable bonds is 6. The Hall–Kier alpha value is -0.920. The van der Waals surface area contributed by atoms with Crippen LogP contribution in [0.1, 0.15) is 13.8 Å². The Morgan fingerprint density at radius 2 is 2.38 bits per heavy atom. The van der Waals surface area contributed by atoms with E-state index >= 15 is 0 Å². The monoisotopic (exact) mass is 289 g/mol. The normalized spacial score (nSPS) is 12.2. The Kier molecular flexibility index (Phi) is 5.44. The van der Waals surface area contributed by atoms with E-state index in [1.165, 1.54) is 0 Å². The van der Waals surface area contributed by atoms with Gasteiger partial charge in [-0.2, -0.15) is 4.98 Å². The van der Waals surface area contributed by atoms with Crippen LogP contribution in [-0.2, 0) is 4.74 Å². The molecular formula is C9H16BrN5O. The quantitative estimate of drug-likeness (QED) is 0.542. The van der Waals surface area contributed by atoms with Crippen LogP contribution in [0.2, 0.25) is 0 Å². The van der Waals surface area contributed by atoms with E-state index in [2.05, 4.69) is 36.6 Å². The Labute approximate surface area is 103 Å². The van der Waals surface area contributed by atoms with Gasteiger partial charge in [0.15, 0.2) is 0 Å². The van der Waals surface area contributed by atoms with E-state index < -0.39 is 0 Å². The highest BCUT2D eigenvalue weighted by molar-refractivity contribution is 9.10. The number of ether oxygens (including phenoxy) is 1. The van der Waals surface area contributed by atoms with Gasteiger partial charge >= 0.3 is 0 Å². The number of nitrogens with one attached hydrogen (secondary N) is 2. The molecule has 1 heterocycles. The van der Waals surface area contributed by atoms with Gasteiger partial charge in [-0.15, -0.1) is 0 Å². The number of anilines is 2. The van der Waals surface area contributed by atoms with E-state index in [0.717, 1.165) is 4.47 Å². The van der Waals surface area contributed by atoms with Gasteiger partial charge in [-0.3, -0.25) is 5.43 Å². The zero-order chi connectivity index (χ0) is 12.0. The molecule has 1 unspecified atom stereocenters. The maximum absolute atomic E-state index is 5.40. The first-order valence-electron chi connectivity index (χ1n) is 5.02. The Bertz CT molecular complexity index is 336. The Balaban J connectivity index is 2.58. The summed E-state index contributed by atoms with van der Waals surface area (Å²) in [5.74, 6) is 6.29. The van der Waals surface area contributed by atoms with E-state index in [-0.39, 0.29) is 6.10 Å². The number of hydrogen-bond donors (Lipinski definition) is 3. The van der Waals surface area contributed by atoms with Gasteiger partial charge in [-0.1, -0.05) is 0 Å². The first-order chi connectivity index (χ1) is 7.67. The van der Waals surface area contributed by atoms with Gasteiger partial charge in [-0.25, -0.2) is 10.8 Å². The lowest BCUT2D eigenvalue weighted by Crippen LogP contribution is -2.21. The van der Waals surface area contributed by atoms with Crippen molar-refractivity contribution in [3.63, 3.8) is 0 Å². The number of nitrogens with two attached hydrogens (primary N) is 1. The maximum atomic E-state index is 5.40. The molecule has 1 atom stereocenters. The average Bonchev–Trinajstić information content (AvgIpc) is 2.28. The molecule has 0 bridgehead atoms. The molecule has 0 amide bonds. The molecule has 1 aromatic rings. The molecule has 0 spiro atoms. The standard InChI is InChI=1S/C9H16BrN5O/c1-3-16-6(2)4-12-8-7(10)5-13-9(14-8)15-11/h5-6H,3-4,11H2,1-2H3,(H2,12,13,14,15). The topological polar surface area (TPSA) is 85.1 Å². The van der Waals surface area contributed by atoms with Gasteiger partial charge in [0.1, 0.15) is 5.82 Å². The molecule has 0 fully saturated rings. The number of halogens is 1. The van der Waals surface area contributed by atoms with Gasteiger partial charge in [0.05, 0.1) is 10.6 Å². The first kappa shape index (κ1) is 13.1. The molecular weight excluding hydrogens is 274 g/mol. The third kappa shape index (κ3) is 3.92. The predicted octanol–water partition coefficient (Wildman–Crippen LogP) is 1.36. The molecule has 7 heteroatoms. The van der Waals surface area contributed by atoms with Crippen LogP contribution < -0.4 is 16.6 Å². The largest absolute Gasteiger partial charge is 0.377 e. The fraction of sp³-hybridized carbons (Fsp3) is 0.556. The molecule has 16 heavy (non-hydrogen) atoms. The van der Waals surface area contributed by atoms with Gasteiger partial charge in [-0.05, 0) is 29.8 Å². The molecule has 1 aromatic heterocycles. The van der Waals surface area contributed by atoms with Crippen molar-refractivity contribution < 1.29 is 4.74 Å². The van der Waals surface area contributed by atoms with E-state index in [1.54, 1.807) is 6.20 Å². The van der Waals surface area contributed by atoms with Crippen LogP contribution in [0.15, 0.2) is 10.7 Å². The minimum absolute atomic E-state index is 0.126. The zero-order valence-corrected chi connectivity index (χ0v) is 10.9. The molecule has 0 saturated carbocycles. The summed E-state index contributed by atoms with van der Waals surface area (Å²) in [5.41, 5.74) is 2.39. The van der Waals surface area contributed by atoms with Crippen LogP contribution in [0.25, 0.3) is 0 Å². The van der Waals surface area contributed by atoms with Crippen LogP contribution in [-0.4, -0.2) is 29.2 Å². The number of hydrazine groups is 1. The van der Waals surface area contributed by atoms with Crippen LogP contribution in [0.5, 0.6) is 0 Å². The highest BCUT2D eigenvalue weighted by atomic mass is 79.9. The minimum atomic E-state index is 0.126. The second kappa shape index (κ2) is 6.62. The number of hydrogen-bond acceptors (Lipinski definition) is 6. The van der Waals surface area contributed by atoms with Crippen molar-refractivity contribution in [1.82, 2.24) is 9.97 Å². The Morgan fingerprint density at radius 1 is 1.62 bits per heavy atom. The molecule has 6 nitrogen and oxygen atoms in total. The second-order valence-electron chi connectivity index (χ2n) is 3.18. The van der Waals surface area contributed by atoms with Crippen molar-refractivity contribution in [1.29, 1.82) is 0 Å². The molecule has 4 N–H and O–H groups in total. The van der Waals surface area contributed by atoms with Crippen LogP contribution in [0.4, 0.5) is 11.8 Å². The first-order valence-corrected chi connectivity index (χ1v) is 5.81. The molecule has 0 saturated heterocycles. The average molecular weight is 290 g/mol. The Morgan fingerprint density at radius 3 is 3.00 bits per heavy atom. The van der Waals surface area contributed by atoms with Crippen molar-refractivity contribution in [3.05, 3.63) is 10.7 Å². The minimum Gasteiger partial charge on any atom is -0.377 e. The highest BCUT2D eigenvalue weighted by Crippen LogP contribution is 2.19. The van der Waals surface area contributed by atoms with Crippen molar-refractivity contribution in [2.75, 3.05) is 23.9 Å². The molecule has 0 aliphatic rings. The fourth-order valence-corrected chi connectivity index (χ4v) is 1.48. The van der Waals surface area contributed by atoms with Crippen molar-refractivity contribution in [2.24, 2.45) is 5.84 Å². The predicted molar refractivity (Wildman–Crippen MR) is 67.1 cm³/mol. The number of nitrogens with zero attached hydrogens (tertiary/aromatic N) is 2. The van der Waals surface area contributed by atoms with Crippen LogP contribution in [0.3, 0.4) is 0 Å². The third-order valence-corrected chi connectivity index (χ3v) is 2.46. The summed E-state index contributed by atoms with van der Waals surface area (Å²) in [6.45, 7) is 5.33. The number of aromatic nitrogens is 2. The van der Waals surface area contributed by atoms with Crippen molar-refractivity contribution >= 4 is 27.7 Å². The lowest BCUT2D eigenvalue weighted by atomic mass is 10.4. The lowest BCUT2D eigenvalue weighted by Gasteiger charge is -2.14. The molecule has 1 rings (SSSR count). The van der Waals surface area contributed by atoms with Gasteiger partial charge in [0.25, 0.3) is 0 Å². The van der Waals surface area contributed by atoms with E-state index in [9.17, 15) is 0 Å². The molecule has 0 radical (unpaired) electrons. The number of nitrogen functional groups attached to an aromatic ring is 1. The SMILES string of the molecule is CCOC(C)CNc1nc(NN)ncc1Br. The van der Waals surface area contributed by atoms with Crippen LogP contribution >= 0.6 is 15.9 Å². The maximum Gasteiger partial charge on any atom is 0.239 e. The molecule has 90 valence electrons. The second-order valence-corrected chi connectivity index (χ2v) is 4.04. The summed E-state index contributed by atoms with van der Waals surface area (Å²) in [6.07, 6.45) is 1.76. The van der Waals surface area contributed by atoms with Crippen molar-refractivity contribution in [3.8, 4) is 0 Å². The third-order valence-electron chi connectivity index (χ3n) is 1.88. The van der Waals surface area contributed by atoms with Gasteiger partial charge in [0.2, 0.25) is 5.95 Å². The zero-order valence-electron chi connectivity index (χ0n) is 9.33. The van der Waals surface area contributed by atoms with Gasteiger partial charge < -0.3 is 10.1 Å². The fourth-order valence-electron chi connectivity index (χ4n) is 1.14. The molecule has 0 aliphatic carbocycles. The van der Waals surface area contributed by atoms with E-state index in [0.29, 0.717) is 24.9 Å². The van der Waals surface area contributed by atoms with Gasteiger partial charge in [0, 0.05) is 19.3 Å². The summed E-state index contributed by atoms with van der Waals surface area (Å²) in [4.78, 5) is 8.12. The summed E-state index contributed by atoms with van der Waals surface area (Å²) >= 11 is 3.35. The van der Waals surface area contributed by atoms with E-state index in [4.69, 9.17) is 10.6 Å². The van der Waals surface area contributed by atoms with Crippen molar-refractivity contribution in [2.45, 2.75) is 20.0 Å².